The van der Waals surface area contributed by atoms with Gasteiger partial charge in [0.2, 0.25) is 12.7 Å². The molecule has 5 heterocycles. The third-order valence-electron chi connectivity index (χ3n) is 8.70. The average Bonchev–Trinajstić information content (AvgIpc) is 3.66. The summed E-state index contributed by atoms with van der Waals surface area (Å²) in [5.41, 5.74) is 3.10. The Labute approximate surface area is 235 Å². The molecule has 3 fully saturated rings. The normalized spacial score (nSPS) is 20.9. The minimum absolute atomic E-state index is 0.311. The second-order valence-corrected chi connectivity index (χ2v) is 11.3. The maximum absolute atomic E-state index is 5.57. The number of nitrogens with one attached hydrogen (secondary N) is 1. The van der Waals surface area contributed by atoms with Crippen molar-refractivity contribution in [2.75, 3.05) is 82.6 Å². The lowest BCUT2D eigenvalue weighted by molar-refractivity contribution is 0.0398. The van der Waals surface area contributed by atoms with E-state index in [1.54, 1.807) is 0 Å². The molecule has 2 aromatic heterocycles. The van der Waals surface area contributed by atoms with Crippen LogP contribution in [-0.2, 0) is 11.3 Å². The smallest absolute Gasteiger partial charge is 0.231 e. The van der Waals surface area contributed by atoms with E-state index < -0.39 is 0 Å². The van der Waals surface area contributed by atoms with Crippen molar-refractivity contribution in [2.45, 2.75) is 44.7 Å². The number of piperazine rings is 1. The highest BCUT2D eigenvalue weighted by Crippen LogP contribution is 2.34. The summed E-state index contributed by atoms with van der Waals surface area (Å²) in [5.74, 6) is 3.34. The van der Waals surface area contributed by atoms with E-state index in [2.05, 4.69) is 36.7 Å². The molecule has 214 valence electrons. The molecule has 0 atom stereocenters. The molecule has 1 aromatic carbocycles. The molecule has 0 amide bonds. The van der Waals surface area contributed by atoms with Crippen molar-refractivity contribution in [3.05, 3.63) is 30.1 Å². The lowest BCUT2D eigenvalue weighted by Crippen LogP contribution is -2.46. The minimum atomic E-state index is 0.311. The number of fused-ring (bicyclic) bond motifs is 2. The number of ether oxygens (including phenoxy) is 3. The van der Waals surface area contributed by atoms with Gasteiger partial charge in [-0.2, -0.15) is 9.97 Å². The molecule has 11 nitrogen and oxygen atoms in total. The number of nitrogens with zero attached hydrogens (tertiary/aromatic N) is 7. The highest BCUT2D eigenvalue weighted by Gasteiger charge is 2.25. The van der Waals surface area contributed by atoms with Crippen LogP contribution in [0.4, 0.5) is 11.8 Å². The maximum atomic E-state index is 5.57. The minimum Gasteiger partial charge on any atom is -0.454 e. The molecule has 0 spiro atoms. The molecule has 3 aromatic rings. The quantitative estimate of drug-likeness (QED) is 0.453. The summed E-state index contributed by atoms with van der Waals surface area (Å²) in [4.78, 5) is 22.3. The molecule has 11 heteroatoms. The van der Waals surface area contributed by atoms with Crippen molar-refractivity contribution in [1.29, 1.82) is 0 Å². The van der Waals surface area contributed by atoms with Crippen LogP contribution < -0.4 is 19.7 Å². The molecule has 3 aliphatic heterocycles. The van der Waals surface area contributed by atoms with Gasteiger partial charge in [0, 0.05) is 64.9 Å². The first-order valence-electron chi connectivity index (χ1n) is 14.9. The van der Waals surface area contributed by atoms with Gasteiger partial charge in [-0.3, -0.25) is 9.80 Å². The Hall–Kier alpha value is -3.15. The highest BCUT2D eigenvalue weighted by molar-refractivity contribution is 5.84. The zero-order valence-corrected chi connectivity index (χ0v) is 23.3. The number of rotatable bonds is 8. The Bertz CT molecular complexity index is 1300. The predicted octanol–water partition coefficient (Wildman–Crippen LogP) is 3.13. The number of benzene rings is 1. The van der Waals surface area contributed by atoms with E-state index >= 15 is 0 Å². The highest BCUT2D eigenvalue weighted by atomic mass is 16.7. The number of morpholine rings is 1. The third kappa shape index (κ3) is 5.55. The summed E-state index contributed by atoms with van der Waals surface area (Å²) < 4.78 is 18.9. The summed E-state index contributed by atoms with van der Waals surface area (Å²) in [5, 5.41) is 3.62. The molecule has 4 aliphatic rings. The average molecular weight is 549 g/mol. The predicted molar refractivity (Wildman–Crippen MR) is 153 cm³/mol. The molecule has 0 bridgehead atoms. The van der Waals surface area contributed by atoms with Gasteiger partial charge < -0.3 is 29.0 Å². The van der Waals surface area contributed by atoms with Crippen LogP contribution >= 0.6 is 0 Å². The summed E-state index contributed by atoms with van der Waals surface area (Å²) in [6.45, 7) is 10.3. The summed E-state index contributed by atoms with van der Waals surface area (Å²) >= 11 is 0. The number of hydrogen-bond acceptors (Lipinski definition) is 10. The van der Waals surface area contributed by atoms with Crippen LogP contribution in [-0.4, -0.2) is 102 Å². The molecule has 40 heavy (non-hydrogen) atoms. The molecule has 1 aliphatic carbocycles. The molecule has 2 saturated heterocycles. The van der Waals surface area contributed by atoms with Gasteiger partial charge >= 0.3 is 0 Å². The topological polar surface area (TPSA) is 93.0 Å². The molecular formula is C29H40N8O3. The summed E-state index contributed by atoms with van der Waals surface area (Å²) in [6, 6.07) is 6.73. The van der Waals surface area contributed by atoms with Gasteiger partial charge in [0.1, 0.15) is 0 Å². The second kappa shape index (κ2) is 11.8. The van der Waals surface area contributed by atoms with Gasteiger partial charge in [0.25, 0.3) is 0 Å². The van der Waals surface area contributed by atoms with E-state index in [0.29, 0.717) is 12.8 Å². The fraction of sp³-hybridized carbons (Fsp3) is 0.621. The zero-order chi connectivity index (χ0) is 26.7. The van der Waals surface area contributed by atoms with E-state index in [1.807, 2.05) is 12.4 Å². The van der Waals surface area contributed by atoms with Crippen LogP contribution in [0, 0.1) is 0 Å². The molecule has 0 radical (unpaired) electrons. The van der Waals surface area contributed by atoms with Crippen LogP contribution in [0.15, 0.2) is 24.5 Å². The summed E-state index contributed by atoms with van der Waals surface area (Å²) in [6.07, 6.45) is 8.27. The first-order valence-corrected chi connectivity index (χ1v) is 14.9. The second-order valence-electron chi connectivity index (χ2n) is 11.3. The monoisotopic (exact) mass is 548 g/mol. The number of imidazole rings is 1. The summed E-state index contributed by atoms with van der Waals surface area (Å²) in [7, 11) is 0. The number of aromatic nitrogens is 4. The number of anilines is 2. The number of hydrogen-bond donors (Lipinski definition) is 1. The Kier molecular flexibility index (Phi) is 7.58. The van der Waals surface area contributed by atoms with Gasteiger partial charge in [-0.1, -0.05) is 25.3 Å². The third-order valence-corrected chi connectivity index (χ3v) is 8.70. The van der Waals surface area contributed by atoms with Crippen LogP contribution in [0.3, 0.4) is 0 Å². The fourth-order valence-electron chi connectivity index (χ4n) is 6.36. The van der Waals surface area contributed by atoms with Crippen LogP contribution in [0.5, 0.6) is 11.5 Å². The van der Waals surface area contributed by atoms with E-state index in [1.165, 1.54) is 37.7 Å². The Morgan fingerprint density at radius 2 is 1.70 bits per heavy atom. The van der Waals surface area contributed by atoms with Crippen molar-refractivity contribution in [3.8, 4) is 11.5 Å². The van der Waals surface area contributed by atoms with Crippen LogP contribution in [0.25, 0.3) is 11.2 Å². The molecule has 1 saturated carbocycles. The van der Waals surface area contributed by atoms with Crippen LogP contribution in [0.2, 0.25) is 0 Å². The molecule has 0 unspecified atom stereocenters. The van der Waals surface area contributed by atoms with E-state index in [4.69, 9.17) is 29.2 Å². The fourth-order valence-corrected chi connectivity index (χ4v) is 6.36. The Balaban J connectivity index is 1.07. The first kappa shape index (κ1) is 25.8. The first-order chi connectivity index (χ1) is 19.8. The standard InChI is InChI=1S/C29H40N8O3/c1-2-4-23(5-3-1)37-20-31-26-27(30-8-9-34-14-16-38-17-15-34)32-29(33-28(26)37)36-12-10-35(11-13-36)19-22-6-7-24-25(18-22)40-21-39-24/h6-7,18,20,23H,1-5,8-17,19,21H2,(H,30,32,33). The van der Waals surface area contributed by atoms with Crippen LogP contribution in [0.1, 0.15) is 43.7 Å². The Morgan fingerprint density at radius 3 is 2.55 bits per heavy atom. The van der Waals surface area contributed by atoms with Gasteiger partial charge in [0.05, 0.1) is 19.5 Å². The maximum Gasteiger partial charge on any atom is 0.231 e. The van der Waals surface area contributed by atoms with E-state index in [9.17, 15) is 0 Å². The molecule has 1 N–H and O–H groups in total. The van der Waals surface area contributed by atoms with Gasteiger partial charge in [-0.25, -0.2) is 4.98 Å². The molecule has 7 rings (SSSR count). The van der Waals surface area contributed by atoms with Gasteiger partial charge in [0.15, 0.2) is 28.5 Å². The van der Waals surface area contributed by atoms with E-state index in [0.717, 1.165) is 107 Å². The van der Waals surface area contributed by atoms with Crippen molar-refractivity contribution in [1.82, 2.24) is 29.3 Å². The lowest BCUT2D eigenvalue weighted by Gasteiger charge is -2.35. The van der Waals surface area contributed by atoms with E-state index in [-0.39, 0.29) is 0 Å². The zero-order valence-electron chi connectivity index (χ0n) is 23.3. The SMILES string of the molecule is c1cc2c(cc1CN1CCN(c3nc(NCCN4CCOCC4)c4ncn(C5CCCCC5)c4n3)CC1)OCO2. The van der Waals surface area contributed by atoms with Crippen molar-refractivity contribution in [3.63, 3.8) is 0 Å². The van der Waals surface area contributed by atoms with Crippen molar-refractivity contribution < 1.29 is 14.2 Å². The van der Waals surface area contributed by atoms with Crippen molar-refractivity contribution >= 4 is 22.9 Å². The van der Waals surface area contributed by atoms with Gasteiger partial charge in [-0.15, -0.1) is 0 Å². The van der Waals surface area contributed by atoms with Crippen molar-refractivity contribution in [2.24, 2.45) is 0 Å². The Morgan fingerprint density at radius 1 is 0.875 bits per heavy atom. The lowest BCUT2D eigenvalue weighted by atomic mass is 9.95. The van der Waals surface area contributed by atoms with Gasteiger partial charge in [-0.05, 0) is 30.5 Å². The molecular weight excluding hydrogens is 508 g/mol. The largest absolute Gasteiger partial charge is 0.454 e.